The van der Waals surface area contributed by atoms with Crippen molar-refractivity contribution in [1.29, 1.82) is 0 Å². The summed E-state index contributed by atoms with van der Waals surface area (Å²) < 4.78 is 11.7. The van der Waals surface area contributed by atoms with Crippen molar-refractivity contribution in [2.45, 2.75) is 45.4 Å². The molecule has 6 N–H and O–H groups in total. The smallest absolute Gasteiger partial charge is 0.309 e. The number of anilines is 1. The second kappa shape index (κ2) is 10.3. The lowest BCUT2D eigenvalue weighted by atomic mass is 9.93. The first-order valence-electron chi connectivity index (χ1n) is 10.9. The molecule has 34 heavy (non-hydrogen) atoms. The summed E-state index contributed by atoms with van der Waals surface area (Å²) in [6.45, 7) is 5.94. The molecular formula is C24H30ClN5O4. The number of nitrogens with two attached hydrogens (primary N) is 3. The van der Waals surface area contributed by atoms with Crippen LogP contribution in [0.4, 0.5) is 5.69 Å². The molecule has 1 amide bonds. The normalized spacial score (nSPS) is 18.2. The number of rotatable bonds is 5. The lowest BCUT2D eigenvalue weighted by Gasteiger charge is -2.39. The Labute approximate surface area is 203 Å². The van der Waals surface area contributed by atoms with Gasteiger partial charge in [0.25, 0.3) is 5.91 Å². The highest BCUT2D eigenvalue weighted by molar-refractivity contribution is 6.32. The molecule has 10 heteroatoms. The van der Waals surface area contributed by atoms with Crippen molar-refractivity contribution >= 4 is 35.1 Å². The first-order valence-corrected chi connectivity index (χ1v) is 11.3. The monoisotopic (exact) mass is 487 g/mol. The van der Waals surface area contributed by atoms with Gasteiger partial charge in [-0.1, -0.05) is 29.8 Å². The van der Waals surface area contributed by atoms with Gasteiger partial charge in [0.2, 0.25) is 0 Å². The van der Waals surface area contributed by atoms with Crippen molar-refractivity contribution in [3.63, 3.8) is 0 Å². The molecule has 0 spiro atoms. The molecule has 3 rings (SSSR count). The van der Waals surface area contributed by atoms with Crippen LogP contribution in [0, 0.1) is 5.92 Å². The minimum Gasteiger partial charge on any atom is -0.460 e. The molecule has 1 fully saturated rings. The van der Waals surface area contributed by atoms with Crippen molar-refractivity contribution in [1.82, 2.24) is 0 Å². The number of piperidine rings is 1. The number of carbonyl (C=O) groups is 2. The van der Waals surface area contributed by atoms with E-state index in [1.165, 1.54) is 0 Å². The van der Waals surface area contributed by atoms with Gasteiger partial charge in [-0.15, -0.1) is 0 Å². The summed E-state index contributed by atoms with van der Waals surface area (Å²) in [5, 5.41) is 0.366. The number of nitrogens with zero attached hydrogens (tertiary/aromatic N) is 2. The third kappa shape index (κ3) is 6.18. The number of hydrogen-bond acceptors (Lipinski definition) is 6. The zero-order valence-corrected chi connectivity index (χ0v) is 20.2. The molecule has 1 saturated heterocycles. The molecule has 0 radical (unpaired) electrons. The summed E-state index contributed by atoms with van der Waals surface area (Å²) in [6.07, 6.45) is 0.389. The van der Waals surface area contributed by atoms with Crippen molar-refractivity contribution in [3.8, 4) is 11.5 Å². The van der Waals surface area contributed by atoms with Gasteiger partial charge in [0.1, 0.15) is 11.4 Å². The minimum absolute atomic E-state index is 0.146. The summed E-state index contributed by atoms with van der Waals surface area (Å²) in [5.74, 6) is -1.06. The Bertz CT molecular complexity index is 1100. The summed E-state index contributed by atoms with van der Waals surface area (Å²) in [7, 11) is 0. The van der Waals surface area contributed by atoms with Crippen LogP contribution in [0.2, 0.25) is 5.02 Å². The van der Waals surface area contributed by atoms with Crippen LogP contribution in [0.15, 0.2) is 47.5 Å². The van der Waals surface area contributed by atoms with Crippen LogP contribution in [0.25, 0.3) is 0 Å². The van der Waals surface area contributed by atoms with Gasteiger partial charge in [0.05, 0.1) is 28.4 Å². The van der Waals surface area contributed by atoms with Crippen molar-refractivity contribution < 1.29 is 19.1 Å². The SMILES string of the molecule is CC(C)(C)OC(=O)C1CCN(c2cccc(C(=O)N=C(N)N)c2Oc2ccccc2Cl)C(N)C1. The molecule has 1 aliphatic heterocycles. The highest BCUT2D eigenvalue weighted by Gasteiger charge is 2.35. The van der Waals surface area contributed by atoms with Gasteiger partial charge in [-0.25, -0.2) is 0 Å². The Morgan fingerprint density at radius 2 is 1.82 bits per heavy atom. The number of carbonyl (C=O) groups excluding carboxylic acids is 2. The first kappa shape index (κ1) is 25.3. The number of amides is 1. The van der Waals surface area contributed by atoms with Gasteiger partial charge in [-0.2, -0.15) is 4.99 Å². The third-order valence-corrected chi connectivity index (χ3v) is 5.51. The van der Waals surface area contributed by atoms with Crippen molar-refractivity contribution in [2.24, 2.45) is 28.1 Å². The fourth-order valence-corrected chi connectivity index (χ4v) is 3.91. The maximum atomic E-state index is 12.8. The summed E-state index contributed by atoms with van der Waals surface area (Å²) in [4.78, 5) is 30.9. The summed E-state index contributed by atoms with van der Waals surface area (Å²) in [5.41, 5.74) is 17.5. The van der Waals surface area contributed by atoms with E-state index in [1.54, 1.807) is 42.5 Å². The van der Waals surface area contributed by atoms with Gasteiger partial charge >= 0.3 is 5.97 Å². The molecule has 0 saturated carbocycles. The molecular weight excluding hydrogens is 458 g/mol. The average molecular weight is 488 g/mol. The van der Waals surface area contributed by atoms with E-state index in [0.717, 1.165) is 0 Å². The predicted octanol–water partition coefficient (Wildman–Crippen LogP) is 3.39. The molecule has 0 aliphatic carbocycles. The van der Waals surface area contributed by atoms with Gasteiger partial charge in [0, 0.05) is 6.54 Å². The fraction of sp³-hybridized carbons (Fsp3) is 0.375. The molecule has 2 aromatic rings. The van der Waals surface area contributed by atoms with E-state index in [0.29, 0.717) is 35.8 Å². The van der Waals surface area contributed by atoms with Crippen LogP contribution < -0.4 is 26.8 Å². The molecule has 2 atom stereocenters. The number of para-hydroxylation sites is 2. The molecule has 0 bridgehead atoms. The van der Waals surface area contributed by atoms with E-state index in [4.69, 9.17) is 38.3 Å². The van der Waals surface area contributed by atoms with Gasteiger partial charge < -0.3 is 31.6 Å². The number of hydrogen-bond donors (Lipinski definition) is 3. The summed E-state index contributed by atoms with van der Waals surface area (Å²) >= 11 is 6.30. The Kier molecular flexibility index (Phi) is 7.68. The van der Waals surface area contributed by atoms with Gasteiger partial charge in [0.15, 0.2) is 11.7 Å². The highest BCUT2D eigenvalue weighted by Crippen LogP contribution is 2.41. The third-order valence-electron chi connectivity index (χ3n) is 5.20. The molecule has 2 unspecified atom stereocenters. The van der Waals surface area contributed by atoms with Gasteiger partial charge in [-0.05, 0) is 57.9 Å². The van der Waals surface area contributed by atoms with Crippen LogP contribution in [-0.2, 0) is 9.53 Å². The topological polar surface area (TPSA) is 146 Å². The molecule has 1 heterocycles. The highest BCUT2D eigenvalue weighted by atomic mass is 35.5. The maximum absolute atomic E-state index is 12.8. The largest absolute Gasteiger partial charge is 0.460 e. The molecule has 9 nitrogen and oxygen atoms in total. The second-order valence-electron chi connectivity index (χ2n) is 9.04. The van der Waals surface area contributed by atoms with E-state index < -0.39 is 17.7 Å². The Morgan fingerprint density at radius 1 is 1.12 bits per heavy atom. The van der Waals surface area contributed by atoms with E-state index in [2.05, 4.69) is 4.99 Å². The second-order valence-corrected chi connectivity index (χ2v) is 9.45. The van der Waals surface area contributed by atoms with Gasteiger partial charge in [-0.3, -0.25) is 9.59 Å². The number of halogens is 1. The van der Waals surface area contributed by atoms with E-state index >= 15 is 0 Å². The quantitative estimate of drug-likeness (QED) is 0.330. The number of ether oxygens (including phenoxy) is 2. The molecule has 182 valence electrons. The number of esters is 1. The van der Waals surface area contributed by atoms with Crippen molar-refractivity contribution in [2.75, 3.05) is 11.4 Å². The van der Waals surface area contributed by atoms with Crippen LogP contribution >= 0.6 is 11.6 Å². The van der Waals surface area contributed by atoms with E-state index in [1.807, 2.05) is 25.7 Å². The zero-order chi connectivity index (χ0) is 25.0. The van der Waals surface area contributed by atoms with Crippen LogP contribution in [0.3, 0.4) is 0 Å². The Balaban J connectivity index is 1.96. The molecule has 0 aromatic heterocycles. The van der Waals surface area contributed by atoms with Crippen LogP contribution in [0.1, 0.15) is 44.0 Å². The molecule has 1 aliphatic rings. The Morgan fingerprint density at radius 3 is 2.44 bits per heavy atom. The lowest BCUT2D eigenvalue weighted by Crippen LogP contribution is -2.50. The standard InChI is InChI=1S/C24H30ClN5O4/c1-24(2,3)34-22(32)14-11-12-30(19(26)13-14)17-9-6-7-15(21(31)29-23(27)28)20(17)33-18-10-5-4-8-16(18)25/h4-10,14,19H,11-13,26H2,1-3H3,(H4,27,28,29,31). The zero-order valence-electron chi connectivity index (χ0n) is 19.5. The fourth-order valence-electron chi connectivity index (χ4n) is 3.74. The number of benzene rings is 2. The predicted molar refractivity (Wildman–Crippen MR) is 132 cm³/mol. The lowest BCUT2D eigenvalue weighted by molar-refractivity contribution is -0.161. The van der Waals surface area contributed by atoms with Crippen molar-refractivity contribution in [3.05, 3.63) is 53.1 Å². The molecule has 2 aromatic carbocycles. The number of aliphatic imine (C=N–C) groups is 1. The number of guanidine groups is 1. The Hall–Kier alpha value is -3.30. The first-order chi connectivity index (χ1) is 16.0. The summed E-state index contributed by atoms with van der Waals surface area (Å²) in [6, 6.07) is 11.9. The maximum Gasteiger partial charge on any atom is 0.309 e. The van der Waals surface area contributed by atoms with E-state index in [9.17, 15) is 9.59 Å². The van der Waals surface area contributed by atoms with Crippen LogP contribution in [-0.4, -0.2) is 36.1 Å². The van der Waals surface area contributed by atoms with Crippen LogP contribution in [0.5, 0.6) is 11.5 Å². The van der Waals surface area contributed by atoms with E-state index in [-0.39, 0.29) is 29.2 Å². The average Bonchev–Trinajstić information content (AvgIpc) is 2.74. The minimum atomic E-state index is -0.666.